The standard InChI is InChI=1S/C9H7ClF3NO3/c1-16-8(15)4-2-5(10)6(14)3-7(4)17-9(11,12)13/h2-3H,14H2,1H3. The Bertz CT molecular complexity index is 448. The third-order valence-electron chi connectivity index (χ3n) is 1.73. The molecule has 0 aromatic heterocycles. The van der Waals surface area contributed by atoms with Gasteiger partial charge < -0.3 is 15.2 Å². The lowest BCUT2D eigenvalue weighted by atomic mass is 10.2. The molecule has 0 aliphatic rings. The topological polar surface area (TPSA) is 61.5 Å². The third kappa shape index (κ3) is 3.42. The van der Waals surface area contributed by atoms with Gasteiger partial charge in [0.1, 0.15) is 11.3 Å². The molecule has 1 rings (SSSR count). The smallest absolute Gasteiger partial charge is 0.465 e. The molecule has 0 spiro atoms. The molecule has 0 bridgehead atoms. The first-order valence-electron chi connectivity index (χ1n) is 4.17. The molecule has 1 aromatic carbocycles. The summed E-state index contributed by atoms with van der Waals surface area (Å²) in [7, 11) is 1.02. The summed E-state index contributed by atoms with van der Waals surface area (Å²) in [6, 6.07) is 1.76. The van der Waals surface area contributed by atoms with Gasteiger partial charge in [0.25, 0.3) is 0 Å². The zero-order valence-corrected chi connectivity index (χ0v) is 9.22. The first-order chi connectivity index (χ1) is 7.74. The van der Waals surface area contributed by atoms with Gasteiger partial charge in [-0.05, 0) is 6.07 Å². The van der Waals surface area contributed by atoms with Crippen molar-refractivity contribution in [3.8, 4) is 5.75 Å². The maximum Gasteiger partial charge on any atom is 0.573 e. The van der Waals surface area contributed by atoms with Gasteiger partial charge in [-0.2, -0.15) is 0 Å². The molecule has 2 N–H and O–H groups in total. The molecule has 0 amide bonds. The number of alkyl halides is 3. The van der Waals surface area contributed by atoms with Crippen LogP contribution in [0.4, 0.5) is 18.9 Å². The molecule has 0 radical (unpaired) electrons. The minimum absolute atomic E-state index is 0.0695. The highest BCUT2D eigenvalue weighted by Crippen LogP contribution is 2.33. The summed E-state index contributed by atoms with van der Waals surface area (Å²) in [5, 5.41) is -0.0695. The van der Waals surface area contributed by atoms with Crippen molar-refractivity contribution < 1.29 is 27.4 Å². The summed E-state index contributed by atoms with van der Waals surface area (Å²) in [5.41, 5.74) is 4.72. The predicted octanol–water partition coefficient (Wildman–Crippen LogP) is 2.61. The molecule has 94 valence electrons. The number of rotatable bonds is 2. The van der Waals surface area contributed by atoms with Gasteiger partial charge in [0.05, 0.1) is 17.8 Å². The van der Waals surface area contributed by atoms with E-state index in [1.165, 1.54) is 0 Å². The number of halogens is 4. The number of hydrogen-bond donors (Lipinski definition) is 1. The van der Waals surface area contributed by atoms with Gasteiger partial charge >= 0.3 is 12.3 Å². The van der Waals surface area contributed by atoms with Gasteiger partial charge in [0, 0.05) is 6.07 Å². The fourth-order valence-electron chi connectivity index (χ4n) is 1.05. The number of benzene rings is 1. The number of methoxy groups -OCH3 is 1. The minimum atomic E-state index is -4.94. The number of nitrogens with two attached hydrogens (primary N) is 1. The highest BCUT2D eigenvalue weighted by molar-refractivity contribution is 6.33. The van der Waals surface area contributed by atoms with Crippen molar-refractivity contribution in [3.63, 3.8) is 0 Å². The van der Waals surface area contributed by atoms with Crippen molar-refractivity contribution in [2.75, 3.05) is 12.8 Å². The second-order valence-electron chi connectivity index (χ2n) is 2.91. The Hall–Kier alpha value is -1.63. The summed E-state index contributed by atoms with van der Waals surface area (Å²) < 4.78 is 44.2. The number of nitrogen functional groups attached to an aromatic ring is 1. The number of carbonyl (C=O) groups is 1. The molecule has 0 unspecified atom stereocenters. The molecule has 4 nitrogen and oxygen atoms in total. The van der Waals surface area contributed by atoms with Crippen LogP contribution >= 0.6 is 11.6 Å². The van der Waals surface area contributed by atoms with E-state index in [0.29, 0.717) is 0 Å². The van der Waals surface area contributed by atoms with E-state index >= 15 is 0 Å². The zero-order chi connectivity index (χ0) is 13.2. The number of anilines is 1. The van der Waals surface area contributed by atoms with Gasteiger partial charge in [-0.1, -0.05) is 11.6 Å². The largest absolute Gasteiger partial charge is 0.573 e. The van der Waals surface area contributed by atoms with Gasteiger partial charge in [-0.25, -0.2) is 4.79 Å². The van der Waals surface area contributed by atoms with E-state index in [9.17, 15) is 18.0 Å². The van der Waals surface area contributed by atoms with Crippen LogP contribution in [0.15, 0.2) is 12.1 Å². The van der Waals surface area contributed by atoms with Crippen molar-refractivity contribution in [2.45, 2.75) is 6.36 Å². The van der Waals surface area contributed by atoms with Crippen molar-refractivity contribution in [3.05, 3.63) is 22.7 Å². The Morgan fingerprint density at radius 3 is 2.47 bits per heavy atom. The minimum Gasteiger partial charge on any atom is -0.465 e. The number of esters is 1. The third-order valence-corrected chi connectivity index (χ3v) is 2.06. The summed E-state index contributed by atoms with van der Waals surface area (Å²) in [6.07, 6.45) is -4.94. The summed E-state index contributed by atoms with van der Waals surface area (Å²) in [6.45, 7) is 0. The quantitative estimate of drug-likeness (QED) is 0.662. The molecular formula is C9H7ClF3NO3. The van der Waals surface area contributed by atoms with E-state index in [4.69, 9.17) is 17.3 Å². The van der Waals surface area contributed by atoms with Crippen LogP contribution in [0, 0.1) is 0 Å². The fourth-order valence-corrected chi connectivity index (χ4v) is 1.21. The highest BCUT2D eigenvalue weighted by atomic mass is 35.5. The molecule has 1 aromatic rings. The van der Waals surface area contributed by atoms with E-state index in [1.54, 1.807) is 0 Å². The van der Waals surface area contributed by atoms with Crippen molar-refractivity contribution in [1.82, 2.24) is 0 Å². The molecular weight excluding hydrogens is 263 g/mol. The van der Waals surface area contributed by atoms with Gasteiger partial charge in [-0.3, -0.25) is 0 Å². The second kappa shape index (κ2) is 4.70. The van der Waals surface area contributed by atoms with Crippen LogP contribution in [-0.4, -0.2) is 19.4 Å². The van der Waals surface area contributed by atoms with E-state index < -0.39 is 23.6 Å². The van der Waals surface area contributed by atoms with E-state index in [-0.39, 0.29) is 10.7 Å². The first kappa shape index (κ1) is 13.4. The van der Waals surface area contributed by atoms with Crippen LogP contribution in [0.2, 0.25) is 5.02 Å². The number of carbonyl (C=O) groups excluding carboxylic acids is 1. The van der Waals surface area contributed by atoms with Crippen molar-refractivity contribution in [1.29, 1.82) is 0 Å². The summed E-state index contributed by atoms with van der Waals surface area (Å²) in [4.78, 5) is 11.2. The van der Waals surface area contributed by atoms with E-state index in [0.717, 1.165) is 19.2 Å². The molecule has 0 heterocycles. The first-order valence-corrected chi connectivity index (χ1v) is 4.55. The molecule has 0 saturated carbocycles. The van der Waals surface area contributed by atoms with Crippen LogP contribution < -0.4 is 10.5 Å². The van der Waals surface area contributed by atoms with Crippen LogP contribution in [0.3, 0.4) is 0 Å². The Morgan fingerprint density at radius 1 is 1.41 bits per heavy atom. The fraction of sp³-hybridized carbons (Fsp3) is 0.222. The normalized spacial score (nSPS) is 11.1. The lowest BCUT2D eigenvalue weighted by molar-refractivity contribution is -0.274. The molecule has 0 atom stereocenters. The Balaban J connectivity index is 3.26. The van der Waals surface area contributed by atoms with Crippen LogP contribution in [0.5, 0.6) is 5.75 Å². The Morgan fingerprint density at radius 2 is 2.00 bits per heavy atom. The second-order valence-corrected chi connectivity index (χ2v) is 3.32. The predicted molar refractivity (Wildman–Crippen MR) is 53.9 cm³/mol. The van der Waals surface area contributed by atoms with E-state index in [1.807, 2.05) is 0 Å². The molecule has 17 heavy (non-hydrogen) atoms. The summed E-state index contributed by atoms with van der Waals surface area (Å²) >= 11 is 5.59. The molecule has 0 saturated heterocycles. The average Bonchev–Trinajstić information content (AvgIpc) is 2.20. The van der Waals surface area contributed by atoms with Crippen LogP contribution in [0.25, 0.3) is 0 Å². The highest BCUT2D eigenvalue weighted by Gasteiger charge is 2.33. The summed E-state index contributed by atoms with van der Waals surface area (Å²) in [5.74, 6) is -1.77. The van der Waals surface area contributed by atoms with Crippen molar-refractivity contribution >= 4 is 23.3 Å². The lowest BCUT2D eigenvalue weighted by Crippen LogP contribution is -2.19. The van der Waals surface area contributed by atoms with Crippen LogP contribution in [0.1, 0.15) is 10.4 Å². The lowest BCUT2D eigenvalue weighted by Gasteiger charge is -2.13. The van der Waals surface area contributed by atoms with Gasteiger partial charge in [-0.15, -0.1) is 13.2 Å². The zero-order valence-electron chi connectivity index (χ0n) is 8.47. The van der Waals surface area contributed by atoms with Crippen LogP contribution in [-0.2, 0) is 4.74 Å². The maximum absolute atomic E-state index is 12.1. The number of ether oxygens (including phenoxy) is 2. The Kier molecular flexibility index (Phi) is 3.72. The maximum atomic E-state index is 12.1. The molecule has 8 heteroatoms. The van der Waals surface area contributed by atoms with E-state index in [2.05, 4.69) is 9.47 Å². The SMILES string of the molecule is COC(=O)c1cc(Cl)c(N)cc1OC(F)(F)F. The molecule has 0 fully saturated rings. The van der Waals surface area contributed by atoms with Gasteiger partial charge in [0.15, 0.2) is 0 Å². The Labute approximate surface area is 99.1 Å². The van der Waals surface area contributed by atoms with Gasteiger partial charge in [0.2, 0.25) is 0 Å². The average molecular weight is 270 g/mol. The molecule has 0 aliphatic carbocycles. The number of hydrogen-bond acceptors (Lipinski definition) is 4. The molecule has 0 aliphatic heterocycles. The monoisotopic (exact) mass is 269 g/mol. The van der Waals surface area contributed by atoms with Crippen molar-refractivity contribution in [2.24, 2.45) is 0 Å².